The molecule has 1 N–H and O–H groups in total. The molecule has 1 heterocycles. The molecule has 5 nitrogen and oxygen atoms in total. The molecular formula is C19H22N2O3. The maximum Gasteiger partial charge on any atom is 0.256 e. The maximum absolute atomic E-state index is 12.3. The number of hydrogen-bond acceptors (Lipinski definition) is 3. The van der Waals surface area contributed by atoms with Crippen LogP contribution in [0.2, 0.25) is 0 Å². The van der Waals surface area contributed by atoms with E-state index in [2.05, 4.69) is 5.32 Å². The third-order valence-corrected chi connectivity index (χ3v) is 4.60. The molecule has 1 aromatic carbocycles. The van der Waals surface area contributed by atoms with Crippen LogP contribution < -0.4 is 15.5 Å². The minimum atomic E-state index is -0.318. The first kappa shape index (κ1) is 16.3. The van der Waals surface area contributed by atoms with Crippen molar-refractivity contribution in [2.75, 3.05) is 13.2 Å². The number of carbonyl (C=O) groups excluding carboxylic acids is 1. The zero-order valence-corrected chi connectivity index (χ0v) is 14.0. The third-order valence-electron chi connectivity index (χ3n) is 4.60. The Bertz CT molecular complexity index is 792. The van der Waals surface area contributed by atoms with Crippen LogP contribution in [0.3, 0.4) is 0 Å². The van der Waals surface area contributed by atoms with Gasteiger partial charge in [-0.25, -0.2) is 0 Å². The maximum atomic E-state index is 12.3. The summed E-state index contributed by atoms with van der Waals surface area (Å²) in [6, 6.07) is 11.1. The molecule has 0 atom stereocenters. The molecule has 0 aliphatic heterocycles. The van der Waals surface area contributed by atoms with Gasteiger partial charge in [0.1, 0.15) is 11.3 Å². The lowest BCUT2D eigenvalue weighted by Gasteiger charge is -2.17. The van der Waals surface area contributed by atoms with Gasteiger partial charge in [-0.3, -0.25) is 9.59 Å². The fourth-order valence-corrected chi connectivity index (χ4v) is 2.56. The summed E-state index contributed by atoms with van der Waals surface area (Å²) in [7, 11) is 1.82. The second-order valence-corrected chi connectivity index (χ2v) is 6.59. The summed E-state index contributed by atoms with van der Waals surface area (Å²) in [4.78, 5) is 24.3. The number of nitrogens with zero attached hydrogens (tertiary/aromatic N) is 1. The van der Waals surface area contributed by atoms with Gasteiger partial charge in [0, 0.05) is 37.0 Å². The van der Waals surface area contributed by atoms with E-state index in [0.29, 0.717) is 13.2 Å². The number of benzene rings is 1. The first-order valence-corrected chi connectivity index (χ1v) is 8.12. The standard InChI is InChI=1S/C19H22N2O3/c1-14-10-17(22)16(11-21(14)2)18(23)20-12-19(8-9-19)13-24-15-6-4-3-5-7-15/h3-7,10-11H,8-9,12-13H2,1-2H3,(H,20,23). The normalized spacial score (nSPS) is 14.9. The van der Waals surface area contributed by atoms with Crippen molar-refractivity contribution in [3.05, 3.63) is 64.1 Å². The first-order chi connectivity index (χ1) is 11.5. The van der Waals surface area contributed by atoms with Crippen molar-refractivity contribution in [3.8, 4) is 5.75 Å². The van der Waals surface area contributed by atoms with E-state index in [9.17, 15) is 9.59 Å². The summed E-state index contributed by atoms with van der Waals surface area (Å²) < 4.78 is 7.59. The molecule has 5 heteroatoms. The Hall–Kier alpha value is -2.56. The van der Waals surface area contributed by atoms with Crippen LogP contribution >= 0.6 is 0 Å². The summed E-state index contributed by atoms with van der Waals surface area (Å²) in [6.45, 7) is 2.93. The number of amides is 1. The molecular weight excluding hydrogens is 304 g/mol. The third kappa shape index (κ3) is 3.67. The lowest BCUT2D eigenvalue weighted by molar-refractivity contribution is 0.0935. The SMILES string of the molecule is Cc1cc(=O)c(C(=O)NCC2(COc3ccccc3)CC2)cn1C. The number of aromatic nitrogens is 1. The summed E-state index contributed by atoms with van der Waals surface area (Å²) in [5.74, 6) is 0.518. The second-order valence-electron chi connectivity index (χ2n) is 6.59. The smallest absolute Gasteiger partial charge is 0.256 e. The zero-order chi connectivity index (χ0) is 17.2. The summed E-state index contributed by atoms with van der Waals surface area (Å²) in [6.07, 6.45) is 3.63. The fraction of sp³-hybridized carbons (Fsp3) is 0.368. The van der Waals surface area contributed by atoms with Crippen LogP contribution in [-0.2, 0) is 7.05 Å². The quantitative estimate of drug-likeness (QED) is 0.886. The molecule has 24 heavy (non-hydrogen) atoms. The van der Waals surface area contributed by atoms with E-state index < -0.39 is 0 Å². The van der Waals surface area contributed by atoms with E-state index in [1.165, 1.54) is 6.07 Å². The molecule has 1 aliphatic rings. The highest BCUT2D eigenvalue weighted by atomic mass is 16.5. The van der Waals surface area contributed by atoms with Crippen LogP contribution in [0.5, 0.6) is 5.75 Å². The Kier molecular flexibility index (Phi) is 4.42. The van der Waals surface area contributed by atoms with Gasteiger partial charge >= 0.3 is 0 Å². The minimum Gasteiger partial charge on any atom is -0.493 e. The van der Waals surface area contributed by atoms with Crippen LogP contribution in [0.25, 0.3) is 0 Å². The van der Waals surface area contributed by atoms with Crippen LogP contribution in [0.1, 0.15) is 28.9 Å². The lowest BCUT2D eigenvalue weighted by Crippen LogP contribution is -2.35. The second kappa shape index (κ2) is 6.51. The Morgan fingerprint density at radius 1 is 1.29 bits per heavy atom. The van der Waals surface area contributed by atoms with Crippen molar-refractivity contribution in [3.63, 3.8) is 0 Å². The van der Waals surface area contributed by atoms with Gasteiger partial charge in [-0.15, -0.1) is 0 Å². The van der Waals surface area contributed by atoms with E-state index in [1.54, 1.807) is 10.8 Å². The first-order valence-electron chi connectivity index (χ1n) is 8.12. The van der Waals surface area contributed by atoms with Gasteiger partial charge in [0.15, 0.2) is 5.43 Å². The van der Waals surface area contributed by atoms with E-state index in [0.717, 1.165) is 24.3 Å². The van der Waals surface area contributed by atoms with Gasteiger partial charge in [0.2, 0.25) is 0 Å². The molecule has 0 unspecified atom stereocenters. The van der Waals surface area contributed by atoms with Crippen LogP contribution in [0.15, 0.2) is 47.4 Å². The van der Waals surface area contributed by atoms with Crippen molar-refractivity contribution in [1.29, 1.82) is 0 Å². The van der Waals surface area contributed by atoms with Crippen molar-refractivity contribution in [1.82, 2.24) is 9.88 Å². The molecule has 1 aliphatic carbocycles. The summed E-state index contributed by atoms with van der Waals surface area (Å²) in [5, 5.41) is 2.89. The molecule has 0 bridgehead atoms. The van der Waals surface area contributed by atoms with Crippen molar-refractivity contribution >= 4 is 5.91 Å². The number of carbonyl (C=O) groups is 1. The molecule has 1 amide bonds. The molecule has 0 saturated heterocycles. The summed E-state index contributed by atoms with van der Waals surface area (Å²) in [5.41, 5.74) is 0.754. The molecule has 1 saturated carbocycles. The van der Waals surface area contributed by atoms with Crippen LogP contribution in [0.4, 0.5) is 0 Å². The van der Waals surface area contributed by atoms with Gasteiger partial charge in [-0.05, 0) is 31.9 Å². The number of rotatable bonds is 6. The van der Waals surface area contributed by atoms with E-state index in [4.69, 9.17) is 4.74 Å². The van der Waals surface area contributed by atoms with E-state index >= 15 is 0 Å². The number of hydrogen-bond donors (Lipinski definition) is 1. The number of ether oxygens (including phenoxy) is 1. The van der Waals surface area contributed by atoms with Gasteiger partial charge in [0.05, 0.1) is 6.61 Å². The highest BCUT2D eigenvalue weighted by molar-refractivity contribution is 5.93. The van der Waals surface area contributed by atoms with Crippen molar-refractivity contribution < 1.29 is 9.53 Å². The molecule has 0 radical (unpaired) electrons. The number of nitrogens with one attached hydrogen (secondary N) is 1. The highest BCUT2D eigenvalue weighted by Gasteiger charge is 2.43. The Labute approximate surface area is 141 Å². The Morgan fingerprint density at radius 2 is 2.00 bits per heavy atom. The minimum absolute atomic E-state index is 0.0125. The molecule has 3 rings (SSSR count). The molecule has 1 fully saturated rings. The van der Waals surface area contributed by atoms with Gasteiger partial charge < -0.3 is 14.6 Å². The topological polar surface area (TPSA) is 60.3 Å². The largest absolute Gasteiger partial charge is 0.493 e. The molecule has 126 valence electrons. The van der Waals surface area contributed by atoms with Crippen LogP contribution in [-0.4, -0.2) is 23.6 Å². The predicted octanol–water partition coefficient (Wildman–Crippen LogP) is 2.28. The molecule has 0 spiro atoms. The van der Waals surface area contributed by atoms with E-state index in [-0.39, 0.29) is 22.3 Å². The number of para-hydroxylation sites is 1. The average Bonchev–Trinajstić information content (AvgIpc) is 3.36. The molecule has 2 aromatic rings. The highest BCUT2D eigenvalue weighted by Crippen LogP contribution is 2.45. The van der Waals surface area contributed by atoms with Crippen molar-refractivity contribution in [2.45, 2.75) is 19.8 Å². The Morgan fingerprint density at radius 3 is 2.67 bits per heavy atom. The predicted molar refractivity (Wildman–Crippen MR) is 92.4 cm³/mol. The summed E-state index contributed by atoms with van der Waals surface area (Å²) >= 11 is 0. The van der Waals surface area contributed by atoms with Gasteiger partial charge in [0.25, 0.3) is 5.91 Å². The lowest BCUT2D eigenvalue weighted by atomic mass is 10.1. The van der Waals surface area contributed by atoms with Gasteiger partial charge in [-0.1, -0.05) is 18.2 Å². The number of pyridine rings is 1. The van der Waals surface area contributed by atoms with E-state index in [1.807, 2.05) is 44.3 Å². The monoisotopic (exact) mass is 326 g/mol. The molecule has 1 aromatic heterocycles. The van der Waals surface area contributed by atoms with Crippen molar-refractivity contribution in [2.24, 2.45) is 12.5 Å². The number of aryl methyl sites for hydroxylation is 2. The fourth-order valence-electron chi connectivity index (χ4n) is 2.56. The van der Waals surface area contributed by atoms with Crippen LogP contribution in [0, 0.1) is 12.3 Å². The zero-order valence-electron chi connectivity index (χ0n) is 14.0. The Balaban J connectivity index is 1.58. The van der Waals surface area contributed by atoms with Gasteiger partial charge in [-0.2, -0.15) is 0 Å². The average molecular weight is 326 g/mol.